The Morgan fingerprint density at radius 3 is 2.30 bits per heavy atom. The molecule has 1 aliphatic carbocycles. The van der Waals surface area contributed by atoms with Crippen LogP contribution in [-0.2, 0) is 22.3 Å². The molecule has 1 fully saturated rings. The van der Waals surface area contributed by atoms with Crippen LogP contribution < -0.4 is 10.6 Å². The number of hydrogen-bond acceptors (Lipinski definition) is 2. The summed E-state index contributed by atoms with van der Waals surface area (Å²) >= 11 is 0. The lowest BCUT2D eigenvalue weighted by Crippen LogP contribution is -2.27. The number of halogens is 3. The van der Waals surface area contributed by atoms with Crippen molar-refractivity contribution in [3.05, 3.63) is 65.2 Å². The van der Waals surface area contributed by atoms with Crippen LogP contribution in [-0.4, -0.2) is 11.8 Å². The summed E-state index contributed by atoms with van der Waals surface area (Å²) < 4.78 is 39.0. The smallest absolute Gasteiger partial charge is 0.352 e. The topological polar surface area (TPSA) is 58.2 Å². The van der Waals surface area contributed by atoms with Crippen molar-refractivity contribution >= 4 is 17.5 Å². The molecule has 3 rings (SSSR count). The van der Waals surface area contributed by atoms with Gasteiger partial charge in [0.1, 0.15) is 0 Å². The summed E-state index contributed by atoms with van der Waals surface area (Å²) in [5, 5.41) is 5.07. The number of amides is 2. The molecule has 0 spiro atoms. The van der Waals surface area contributed by atoms with E-state index in [1.54, 1.807) is 0 Å². The van der Waals surface area contributed by atoms with Gasteiger partial charge in [0, 0.05) is 6.54 Å². The van der Waals surface area contributed by atoms with Gasteiger partial charge in [0.15, 0.2) is 0 Å². The largest absolute Gasteiger partial charge is 0.418 e. The molecule has 142 valence electrons. The normalized spacial score (nSPS) is 18.7. The third-order valence-electron chi connectivity index (χ3n) is 4.54. The van der Waals surface area contributed by atoms with E-state index in [-0.39, 0.29) is 11.6 Å². The number of alkyl halides is 3. The van der Waals surface area contributed by atoms with Crippen molar-refractivity contribution in [1.29, 1.82) is 0 Å². The number of hydrogen-bond donors (Lipinski definition) is 2. The zero-order chi connectivity index (χ0) is 19.6. The summed E-state index contributed by atoms with van der Waals surface area (Å²) in [6, 6.07) is 12.5. The lowest BCUT2D eigenvalue weighted by Gasteiger charge is -2.13. The molecule has 7 heteroatoms. The molecule has 27 heavy (non-hydrogen) atoms. The number of benzene rings is 2. The Hall–Kier alpha value is -2.83. The van der Waals surface area contributed by atoms with E-state index in [9.17, 15) is 22.8 Å². The molecular formula is C20H19F3N2O2. The molecule has 0 aliphatic heterocycles. The lowest BCUT2D eigenvalue weighted by molar-refractivity contribution is -0.137. The Morgan fingerprint density at radius 1 is 1.00 bits per heavy atom. The van der Waals surface area contributed by atoms with Crippen molar-refractivity contribution in [2.24, 2.45) is 11.8 Å². The fourth-order valence-corrected chi connectivity index (χ4v) is 2.87. The van der Waals surface area contributed by atoms with Gasteiger partial charge in [-0.1, -0.05) is 42.0 Å². The van der Waals surface area contributed by atoms with Crippen molar-refractivity contribution < 1.29 is 22.8 Å². The lowest BCUT2D eigenvalue weighted by atomic mass is 10.1. The number of aryl methyl sites for hydroxylation is 1. The van der Waals surface area contributed by atoms with E-state index in [1.165, 1.54) is 18.2 Å². The average molecular weight is 376 g/mol. The van der Waals surface area contributed by atoms with E-state index in [0.717, 1.165) is 17.2 Å². The maximum Gasteiger partial charge on any atom is 0.418 e. The highest BCUT2D eigenvalue weighted by molar-refractivity contribution is 6.00. The van der Waals surface area contributed by atoms with Crippen LogP contribution in [0.1, 0.15) is 23.1 Å². The van der Waals surface area contributed by atoms with Crippen LogP contribution in [0.25, 0.3) is 0 Å². The Morgan fingerprint density at radius 2 is 1.63 bits per heavy atom. The van der Waals surface area contributed by atoms with Gasteiger partial charge >= 0.3 is 6.18 Å². The number of nitrogens with one attached hydrogen (secondary N) is 2. The van der Waals surface area contributed by atoms with Gasteiger partial charge in [-0.3, -0.25) is 9.59 Å². The van der Waals surface area contributed by atoms with Crippen molar-refractivity contribution in [3.63, 3.8) is 0 Å². The second-order valence-corrected chi connectivity index (χ2v) is 6.68. The SMILES string of the molecule is Cc1ccc(CNC(=O)C2CC2C(=O)Nc2ccccc2C(F)(F)F)cc1. The third kappa shape index (κ3) is 4.67. The molecule has 2 aromatic rings. The highest BCUT2D eigenvalue weighted by atomic mass is 19.4. The summed E-state index contributed by atoms with van der Waals surface area (Å²) in [7, 11) is 0. The molecule has 2 N–H and O–H groups in total. The standard InChI is InChI=1S/C20H19F3N2O2/c1-12-6-8-13(9-7-12)11-24-18(26)14-10-15(14)19(27)25-17-5-3-2-4-16(17)20(21,22)23/h2-9,14-15H,10-11H2,1H3,(H,24,26)(H,25,27). The second-order valence-electron chi connectivity index (χ2n) is 6.68. The summed E-state index contributed by atoms with van der Waals surface area (Å²) in [6.07, 6.45) is -4.22. The highest BCUT2D eigenvalue weighted by Gasteiger charge is 2.48. The van der Waals surface area contributed by atoms with Gasteiger partial charge in [-0.25, -0.2) is 0 Å². The first-order valence-corrected chi connectivity index (χ1v) is 8.56. The summed E-state index contributed by atoms with van der Waals surface area (Å²) in [5.74, 6) is -1.94. The number of rotatable bonds is 5. The monoisotopic (exact) mass is 376 g/mol. The molecular weight excluding hydrogens is 357 g/mol. The van der Waals surface area contributed by atoms with E-state index in [4.69, 9.17) is 0 Å². The molecule has 2 atom stereocenters. The van der Waals surface area contributed by atoms with Crippen LogP contribution in [0.15, 0.2) is 48.5 Å². The van der Waals surface area contributed by atoms with Crippen LogP contribution in [0, 0.1) is 18.8 Å². The number of carbonyl (C=O) groups excluding carboxylic acids is 2. The molecule has 0 bridgehead atoms. The first kappa shape index (κ1) is 18.9. The fourth-order valence-electron chi connectivity index (χ4n) is 2.87. The Labute approximate surface area is 154 Å². The first-order valence-electron chi connectivity index (χ1n) is 8.56. The van der Waals surface area contributed by atoms with E-state index in [2.05, 4.69) is 10.6 Å². The maximum atomic E-state index is 13.0. The van der Waals surface area contributed by atoms with Crippen molar-refractivity contribution in [1.82, 2.24) is 5.32 Å². The van der Waals surface area contributed by atoms with E-state index < -0.39 is 29.5 Å². The predicted octanol–water partition coefficient (Wildman–Crippen LogP) is 3.90. The van der Waals surface area contributed by atoms with Gasteiger partial charge in [-0.15, -0.1) is 0 Å². The van der Waals surface area contributed by atoms with Gasteiger partial charge in [0.05, 0.1) is 23.1 Å². The van der Waals surface area contributed by atoms with Gasteiger partial charge in [0.25, 0.3) is 0 Å². The minimum Gasteiger partial charge on any atom is -0.352 e. The Kier molecular flexibility index (Phi) is 5.21. The summed E-state index contributed by atoms with van der Waals surface area (Å²) in [5.41, 5.74) is 0.859. The molecule has 2 unspecified atom stereocenters. The van der Waals surface area contributed by atoms with Crippen LogP contribution in [0.2, 0.25) is 0 Å². The summed E-state index contributed by atoms with van der Waals surface area (Å²) in [6.45, 7) is 2.31. The zero-order valence-electron chi connectivity index (χ0n) is 14.6. The van der Waals surface area contributed by atoms with E-state index in [1.807, 2.05) is 31.2 Å². The molecule has 0 aromatic heterocycles. The molecule has 1 saturated carbocycles. The van der Waals surface area contributed by atoms with Crippen LogP contribution in [0.3, 0.4) is 0 Å². The van der Waals surface area contributed by atoms with Gasteiger partial charge in [0.2, 0.25) is 11.8 Å². The second kappa shape index (κ2) is 7.42. The Bertz CT molecular complexity index is 847. The van der Waals surface area contributed by atoms with Crippen LogP contribution in [0.5, 0.6) is 0 Å². The first-order chi connectivity index (χ1) is 12.8. The van der Waals surface area contributed by atoms with Crippen molar-refractivity contribution in [3.8, 4) is 0 Å². The van der Waals surface area contributed by atoms with Crippen molar-refractivity contribution in [2.45, 2.75) is 26.1 Å². The van der Waals surface area contributed by atoms with Gasteiger partial charge in [-0.2, -0.15) is 13.2 Å². The third-order valence-corrected chi connectivity index (χ3v) is 4.54. The quantitative estimate of drug-likeness (QED) is 0.831. The molecule has 0 saturated heterocycles. The van der Waals surface area contributed by atoms with E-state index >= 15 is 0 Å². The minimum atomic E-state index is -4.56. The van der Waals surface area contributed by atoms with Gasteiger partial charge in [-0.05, 0) is 31.0 Å². The van der Waals surface area contributed by atoms with Crippen LogP contribution in [0.4, 0.5) is 18.9 Å². The molecule has 4 nitrogen and oxygen atoms in total. The number of para-hydroxylation sites is 1. The molecule has 0 heterocycles. The average Bonchev–Trinajstić information content (AvgIpc) is 3.41. The van der Waals surface area contributed by atoms with E-state index in [0.29, 0.717) is 13.0 Å². The highest BCUT2D eigenvalue weighted by Crippen LogP contribution is 2.41. The predicted molar refractivity (Wildman–Crippen MR) is 94.7 cm³/mol. The Balaban J connectivity index is 1.55. The van der Waals surface area contributed by atoms with Crippen LogP contribution >= 0.6 is 0 Å². The maximum absolute atomic E-state index is 13.0. The molecule has 0 radical (unpaired) electrons. The van der Waals surface area contributed by atoms with Gasteiger partial charge < -0.3 is 10.6 Å². The molecule has 2 amide bonds. The summed E-state index contributed by atoms with van der Waals surface area (Å²) in [4.78, 5) is 24.4. The number of carbonyl (C=O) groups is 2. The minimum absolute atomic E-state index is 0.264. The zero-order valence-corrected chi connectivity index (χ0v) is 14.6. The molecule has 2 aromatic carbocycles. The molecule has 1 aliphatic rings. The number of anilines is 1. The van der Waals surface area contributed by atoms with Crippen molar-refractivity contribution in [2.75, 3.05) is 5.32 Å². The fraction of sp³-hybridized carbons (Fsp3) is 0.300.